The lowest BCUT2D eigenvalue weighted by Crippen LogP contribution is -2.31. The van der Waals surface area contributed by atoms with Gasteiger partial charge in [0.05, 0.1) is 11.2 Å². The summed E-state index contributed by atoms with van der Waals surface area (Å²) in [5, 5.41) is 4.98. The van der Waals surface area contributed by atoms with Crippen molar-refractivity contribution in [2.75, 3.05) is 6.54 Å². The van der Waals surface area contributed by atoms with E-state index in [-0.39, 0.29) is 11.8 Å². The van der Waals surface area contributed by atoms with Crippen LogP contribution < -0.4 is 5.32 Å². The van der Waals surface area contributed by atoms with Gasteiger partial charge in [-0.2, -0.15) is 0 Å². The summed E-state index contributed by atoms with van der Waals surface area (Å²) < 4.78 is 0. The summed E-state index contributed by atoms with van der Waals surface area (Å²) >= 11 is 1.58. The first-order chi connectivity index (χ1) is 9.25. The monoisotopic (exact) mass is 274 g/mol. The molecule has 1 atom stereocenters. The van der Waals surface area contributed by atoms with E-state index in [1.807, 2.05) is 36.0 Å². The van der Waals surface area contributed by atoms with Crippen LogP contribution >= 0.6 is 11.3 Å². The highest BCUT2D eigenvalue weighted by atomic mass is 32.1. The maximum Gasteiger partial charge on any atom is 0.223 e. The molecule has 1 N–H and O–H groups in total. The third-order valence-electron chi connectivity index (χ3n) is 3.00. The highest BCUT2D eigenvalue weighted by Gasteiger charge is 2.12. The van der Waals surface area contributed by atoms with Gasteiger partial charge in [-0.05, 0) is 12.0 Å². The minimum atomic E-state index is -0.00201. The number of rotatable bonds is 6. The first kappa shape index (κ1) is 13.7. The fourth-order valence-electron chi connectivity index (χ4n) is 1.91. The molecule has 1 heterocycles. The summed E-state index contributed by atoms with van der Waals surface area (Å²) in [7, 11) is 0. The van der Waals surface area contributed by atoms with Crippen LogP contribution in [0.4, 0.5) is 0 Å². The predicted molar refractivity (Wildman–Crippen MR) is 78.1 cm³/mol. The van der Waals surface area contributed by atoms with Gasteiger partial charge in [-0.15, -0.1) is 11.3 Å². The van der Waals surface area contributed by atoms with E-state index in [0.717, 1.165) is 18.5 Å². The molecule has 0 aliphatic carbocycles. The van der Waals surface area contributed by atoms with Crippen molar-refractivity contribution in [2.45, 2.75) is 19.8 Å². The van der Waals surface area contributed by atoms with Crippen molar-refractivity contribution in [1.29, 1.82) is 0 Å². The van der Waals surface area contributed by atoms with Gasteiger partial charge in [0.15, 0.2) is 0 Å². The summed E-state index contributed by atoms with van der Waals surface area (Å²) in [6.45, 7) is 2.62. The molecule has 19 heavy (non-hydrogen) atoms. The highest BCUT2D eigenvalue weighted by Crippen LogP contribution is 2.08. The molecule has 4 heteroatoms. The normalized spacial score (nSPS) is 12.1. The lowest BCUT2D eigenvalue weighted by Gasteiger charge is -2.11. The van der Waals surface area contributed by atoms with Gasteiger partial charge >= 0.3 is 0 Å². The minimum Gasteiger partial charge on any atom is -0.355 e. The Balaban J connectivity index is 1.73. The number of nitrogens with one attached hydrogen (secondary N) is 1. The zero-order valence-corrected chi connectivity index (χ0v) is 11.8. The number of benzene rings is 1. The zero-order chi connectivity index (χ0) is 13.5. The molecule has 0 fully saturated rings. The van der Waals surface area contributed by atoms with Crippen molar-refractivity contribution < 1.29 is 4.79 Å². The van der Waals surface area contributed by atoms with Crippen molar-refractivity contribution in [1.82, 2.24) is 10.3 Å². The molecule has 1 unspecified atom stereocenters. The Kier molecular flexibility index (Phi) is 5.10. The van der Waals surface area contributed by atoms with Gasteiger partial charge in [0.25, 0.3) is 0 Å². The molecule has 0 saturated carbocycles. The van der Waals surface area contributed by atoms with Crippen LogP contribution in [0.25, 0.3) is 0 Å². The Hall–Kier alpha value is -1.68. The van der Waals surface area contributed by atoms with Crippen LogP contribution in [-0.4, -0.2) is 17.4 Å². The Morgan fingerprint density at radius 1 is 1.37 bits per heavy atom. The number of thiazole rings is 1. The number of carbonyl (C=O) groups excluding carboxylic acids is 1. The smallest absolute Gasteiger partial charge is 0.223 e. The molecule has 0 aliphatic rings. The standard InChI is InChI=1S/C15H18N2OS/c1-12(9-13-5-3-2-4-6-13)15(18)16-8-7-14-10-19-11-17-14/h2-6,10-12H,7-9H2,1H3,(H,16,18). The van der Waals surface area contributed by atoms with Crippen LogP contribution in [0.1, 0.15) is 18.2 Å². The van der Waals surface area contributed by atoms with Gasteiger partial charge in [-0.1, -0.05) is 37.3 Å². The maximum absolute atomic E-state index is 11.9. The summed E-state index contributed by atoms with van der Waals surface area (Å²) in [4.78, 5) is 16.1. The van der Waals surface area contributed by atoms with Gasteiger partial charge < -0.3 is 5.32 Å². The second-order valence-corrected chi connectivity index (χ2v) is 5.33. The van der Waals surface area contributed by atoms with Crippen LogP contribution in [0.3, 0.4) is 0 Å². The van der Waals surface area contributed by atoms with Gasteiger partial charge in [0, 0.05) is 24.3 Å². The van der Waals surface area contributed by atoms with E-state index in [4.69, 9.17) is 0 Å². The third kappa shape index (κ3) is 4.48. The molecule has 0 radical (unpaired) electrons. The van der Waals surface area contributed by atoms with Crippen LogP contribution in [0.5, 0.6) is 0 Å². The van der Waals surface area contributed by atoms with Crippen LogP contribution in [0, 0.1) is 5.92 Å². The Morgan fingerprint density at radius 2 is 2.16 bits per heavy atom. The van der Waals surface area contributed by atoms with Gasteiger partial charge in [-0.3, -0.25) is 4.79 Å². The molecular weight excluding hydrogens is 256 g/mol. The zero-order valence-electron chi connectivity index (χ0n) is 11.0. The topological polar surface area (TPSA) is 42.0 Å². The SMILES string of the molecule is CC(Cc1ccccc1)C(=O)NCCc1cscn1. The van der Waals surface area contributed by atoms with Crippen molar-refractivity contribution in [3.63, 3.8) is 0 Å². The van der Waals surface area contributed by atoms with E-state index in [9.17, 15) is 4.79 Å². The molecule has 3 nitrogen and oxygen atoms in total. The van der Waals surface area contributed by atoms with Crippen molar-refractivity contribution in [3.05, 3.63) is 52.5 Å². The molecular formula is C15H18N2OS. The summed E-state index contributed by atoms with van der Waals surface area (Å²) in [5.74, 6) is 0.108. The number of hydrogen-bond acceptors (Lipinski definition) is 3. The molecule has 0 saturated heterocycles. The van der Waals surface area contributed by atoms with Crippen molar-refractivity contribution in [3.8, 4) is 0 Å². The van der Waals surface area contributed by atoms with Crippen LogP contribution in [0.15, 0.2) is 41.2 Å². The number of amides is 1. The van der Waals surface area contributed by atoms with Crippen molar-refractivity contribution >= 4 is 17.2 Å². The van der Waals surface area contributed by atoms with E-state index < -0.39 is 0 Å². The summed E-state index contributed by atoms with van der Waals surface area (Å²) in [6.07, 6.45) is 1.58. The fourth-order valence-corrected chi connectivity index (χ4v) is 2.50. The van der Waals surface area contributed by atoms with E-state index in [1.54, 1.807) is 11.3 Å². The molecule has 1 amide bonds. The second-order valence-electron chi connectivity index (χ2n) is 4.61. The third-order valence-corrected chi connectivity index (χ3v) is 3.63. The van der Waals surface area contributed by atoms with Crippen molar-refractivity contribution in [2.24, 2.45) is 5.92 Å². The maximum atomic E-state index is 11.9. The Labute approximate surface area is 117 Å². The van der Waals surface area contributed by atoms with E-state index in [0.29, 0.717) is 6.54 Å². The van der Waals surface area contributed by atoms with Gasteiger partial charge in [0.1, 0.15) is 0 Å². The largest absolute Gasteiger partial charge is 0.355 e. The van der Waals surface area contributed by atoms with E-state index in [2.05, 4.69) is 22.4 Å². The van der Waals surface area contributed by atoms with E-state index >= 15 is 0 Å². The molecule has 1 aromatic carbocycles. The summed E-state index contributed by atoms with van der Waals surface area (Å²) in [6, 6.07) is 10.1. The molecule has 0 bridgehead atoms. The molecule has 100 valence electrons. The first-order valence-electron chi connectivity index (χ1n) is 6.44. The molecule has 1 aromatic heterocycles. The second kappa shape index (κ2) is 7.04. The lowest BCUT2D eigenvalue weighted by molar-refractivity contribution is -0.124. The quantitative estimate of drug-likeness (QED) is 0.880. The number of hydrogen-bond donors (Lipinski definition) is 1. The first-order valence-corrected chi connectivity index (χ1v) is 7.38. The van der Waals surface area contributed by atoms with E-state index in [1.165, 1.54) is 5.56 Å². The molecule has 0 aliphatic heterocycles. The van der Waals surface area contributed by atoms with Crippen LogP contribution in [0.2, 0.25) is 0 Å². The van der Waals surface area contributed by atoms with Crippen LogP contribution in [-0.2, 0) is 17.6 Å². The molecule has 2 rings (SSSR count). The average molecular weight is 274 g/mol. The Morgan fingerprint density at radius 3 is 2.84 bits per heavy atom. The summed E-state index contributed by atoms with van der Waals surface area (Å²) in [5.41, 5.74) is 4.06. The van der Waals surface area contributed by atoms with Gasteiger partial charge in [0.2, 0.25) is 5.91 Å². The molecule has 0 spiro atoms. The lowest BCUT2D eigenvalue weighted by atomic mass is 10.0. The number of carbonyl (C=O) groups is 1. The predicted octanol–water partition coefficient (Wildman–Crippen LogP) is 2.68. The highest BCUT2D eigenvalue weighted by molar-refractivity contribution is 7.07. The van der Waals surface area contributed by atoms with Gasteiger partial charge in [-0.25, -0.2) is 4.98 Å². The average Bonchev–Trinajstić information content (AvgIpc) is 2.93. The number of aromatic nitrogens is 1. The molecule has 2 aromatic rings. The number of nitrogens with zero attached hydrogens (tertiary/aromatic N) is 1. The Bertz CT molecular complexity index is 496. The minimum absolute atomic E-state index is 0.00201. The fraction of sp³-hybridized carbons (Fsp3) is 0.333.